The van der Waals surface area contributed by atoms with E-state index >= 15 is 0 Å². The fourth-order valence-electron chi connectivity index (χ4n) is 3.30. The number of rotatable bonds is 5. The second-order valence-corrected chi connectivity index (χ2v) is 7.46. The zero-order valence-electron chi connectivity index (χ0n) is 17.4. The van der Waals surface area contributed by atoms with Gasteiger partial charge in [-0.25, -0.2) is 18.6 Å². The summed E-state index contributed by atoms with van der Waals surface area (Å²) in [6.45, 7) is 2.15. The van der Waals surface area contributed by atoms with Crippen LogP contribution in [0.3, 0.4) is 0 Å². The van der Waals surface area contributed by atoms with Gasteiger partial charge in [0.05, 0.1) is 6.20 Å². The molecule has 0 fully saturated rings. The predicted octanol–water partition coefficient (Wildman–Crippen LogP) is 4.14. The number of pyridine rings is 1. The Hall–Kier alpha value is -3.70. The highest BCUT2D eigenvalue weighted by Gasteiger charge is 2.32. The third kappa shape index (κ3) is 4.59. The lowest BCUT2D eigenvalue weighted by Gasteiger charge is -2.16. The van der Waals surface area contributed by atoms with Crippen LogP contribution in [-0.4, -0.2) is 27.6 Å². The summed E-state index contributed by atoms with van der Waals surface area (Å²) < 4.78 is 78.6. The summed E-state index contributed by atoms with van der Waals surface area (Å²) >= 11 is 0. The normalized spacial score (nSPS) is 15.5. The predicted molar refractivity (Wildman–Crippen MR) is 106 cm³/mol. The monoisotopic (exact) mass is 468 g/mol. The van der Waals surface area contributed by atoms with Gasteiger partial charge in [0.2, 0.25) is 5.88 Å². The summed E-state index contributed by atoms with van der Waals surface area (Å²) in [6.07, 6.45) is -3.93. The first-order chi connectivity index (χ1) is 15.5. The van der Waals surface area contributed by atoms with Crippen molar-refractivity contribution in [1.29, 1.82) is 0 Å². The average molecular weight is 468 g/mol. The molecule has 1 unspecified atom stereocenters. The Kier molecular flexibility index (Phi) is 5.68. The topological polar surface area (TPSA) is 69.5 Å². The molecule has 0 amide bonds. The molecule has 0 saturated heterocycles. The van der Waals surface area contributed by atoms with Crippen molar-refractivity contribution >= 4 is 5.82 Å². The number of fused-ring (bicyclic) bond motifs is 1. The van der Waals surface area contributed by atoms with Crippen LogP contribution in [0, 0.1) is 11.6 Å². The Morgan fingerprint density at radius 3 is 2.45 bits per heavy atom. The van der Waals surface area contributed by atoms with Crippen molar-refractivity contribution in [2.75, 3.05) is 11.9 Å². The number of ether oxygens (including phenoxy) is 2. The van der Waals surface area contributed by atoms with E-state index in [9.17, 15) is 26.7 Å². The first-order valence-corrected chi connectivity index (χ1v) is 9.69. The number of halogens is 5. The zero-order chi connectivity index (χ0) is 23.9. The number of alkyl halides is 3. The van der Waals surface area contributed by atoms with Crippen LogP contribution in [0.5, 0.6) is 17.4 Å². The van der Waals surface area contributed by atoms with E-state index in [1.54, 1.807) is 6.07 Å². The SMILES string of the molecule is CC1Cn2c(cc(OCc3cc(F)c(Oc4ccc(C(F)(F)F)nc4)c(F)c3)nc2=O)N1C. The summed E-state index contributed by atoms with van der Waals surface area (Å²) in [5, 5.41) is 0. The number of hydrogen-bond donors (Lipinski definition) is 0. The van der Waals surface area contributed by atoms with Gasteiger partial charge in [-0.05, 0) is 36.8 Å². The van der Waals surface area contributed by atoms with Crippen molar-refractivity contribution in [2.24, 2.45) is 0 Å². The molecule has 4 rings (SSSR count). The molecule has 12 heteroatoms. The highest BCUT2D eigenvalue weighted by molar-refractivity contribution is 5.45. The zero-order valence-corrected chi connectivity index (χ0v) is 17.4. The van der Waals surface area contributed by atoms with Crippen LogP contribution >= 0.6 is 0 Å². The van der Waals surface area contributed by atoms with Crippen LogP contribution in [0.4, 0.5) is 27.8 Å². The molecule has 2 aromatic heterocycles. The molecule has 3 aromatic rings. The maximum Gasteiger partial charge on any atom is 0.433 e. The largest absolute Gasteiger partial charge is 0.473 e. The summed E-state index contributed by atoms with van der Waals surface area (Å²) in [7, 11) is 1.82. The van der Waals surface area contributed by atoms with Gasteiger partial charge in [0.1, 0.15) is 23.9 Å². The molecular weight excluding hydrogens is 451 g/mol. The van der Waals surface area contributed by atoms with Crippen molar-refractivity contribution in [3.05, 3.63) is 69.9 Å². The van der Waals surface area contributed by atoms with Crippen LogP contribution in [0.1, 0.15) is 18.2 Å². The van der Waals surface area contributed by atoms with Crippen molar-refractivity contribution in [3.8, 4) is 17.4 Å². The third-order valence-electron chi connectivity index (χ3n) is 5.13. The Morgan fingerprint density at radius 1 is 1.15 bits per heavy atom. The molecule has 33 heavy (non-hydrogen) atoms. The first kappa shape index (κ1) is 22.5. The second kappa shape index (κ2) is 8.34. The quantitative estimate of drug-likeness (QED) is 0.525. The van der Waals surface area contributed by atoms with E-state index in [4.69, 9.17) is 9.47 Å². The maximum absolute atomic E-state index is 14.4. The minimum Gasteiger partial charge on any atom is -0.473 e. The van der Waals surface area contributed by atoms with Crippen LogP contribution < -0.4 is 20.1 Å². The van der Waals surface area contributed by atoms with Crippen LogP contribution in [0.25, 0.3) is 0 Å². The van der Waals surface area contributed by atoms with Gasteiger partial charge < -0.3 is 14.4 Å². The molecule has 0 aliphatic carbocycles. The maximum atomic E-state index is 14.4. The summed E-state index contributed by atoms with van der Waals surface area (Å²) in [5.41, 5.74) is -1.57. The van der Waals surface area contributed by atoms with E-state index < -0.39 is 34.9 Å². The molecule has 0 radical (unpaired) electrons. The van der Waals surface area contributed by atoms with Gasteiger partial charge in [0, 0.05) is 25.7 Å². The van der Waals surface area contributed by atoms with Crippen molar-refractivity contribution < 1.29 is 31.4 Å². The van der Waals surface area contributed by atoms with Gasteiger partial charge in [-0.2, -0.15) is 18.2 Å². The Bertz CT molecular complexity index is 1220. The second-order valence-electron chi connectivity index (χ2n) is 7.46. The molecule has 0 N–H and O–H groups in total. The number of likely N-dealkylation sites (N-methyl/N-ethyl adjacent to an activating group) is 1. The van der Waals surface area contributed by atoms with Gasteiger partial charge in [-0.3, -0.25) is 4.57 Å². The summed E-state index contributed by atoms with van der Waals surface area (Å²) in [6, 6.07) is 5.10. The Labute approximate surface area is 184 Å². The fourth-order valence-corrected chi connectivity index (χ4v) is 3.30. The standard InChI is InChI=1S/C21H17F5N4O3/c1-11-9-30-18(29(11)2)7-17(28-20(30)31)32-10-12-5-14(22)19(15(23)6-12)33-13-3-4-16(27-8-13)21(24,25)26/h3-8,11H,9-10H2,1-2H3. The molecule has 1 aliphatic rings. The highest BCUT2D eigenvalue weighted by Crippen LogP contribution is 2.32. The van der Waals surface area contributed by atoms with Crippen LogP contribution in [-0.2, 0) is 19.3 Å². The van der Waals surface area contributed by atoms with Gasteiger partial charge in [0.25, 0.3) is 0 Å². The van der Waals surface area contributed by atoms with Crippen molar-refractivity contribution in [3.63, 3.8) is 0 Å². The molecule has 0 bridgehead atoms. The van der Waals surface area contributed by atoms with Crippen molar-refractivity contribution in [2.45, 2.75) is 32.3 Å². The fraction of sp³-hybridized carbons (Fsp3) is 0.286. The van der Waals surface area contributed by atoms with E-state index in [0.29, 0.717) is 24.6 Å². The minimum absolute atomic E-state index is 0.00386. The van der Waals surface area contributed by atoms with Gasteiger partial charge in [-0.15, -0.1) is 0 Å². The lowest BCUT2D eigenvalue weighted by Crippen LogP contribution is -2.23. The average Bonchev–Trinajstić information content (AvgIpc) is 3.03. The van der Waals surface area contributed by atoms with E-state index in [1.165, 1.54) is 4.57 Å². The van der Waals surface area contributed by atoms with Gasteiger partial charge in [0.15, 0.2) is 17.4 Å². The van der Waals surface area contributed by atoms with E-state index in [-0.39, 0.29) is 29.8 Å². The highest BCUT2D eigenvalue weighted by atomic mass is 19.4. The smallest absolute Gasteiger partial charge is 0.433 e. The Balaban J connectivity index is 1.48. The molecule has 174 valence electrons. The molecule has 0 saturated carbocycles. The summed E-state index contributed by atoms with van der Waals surface area (Å²) in [4.78, 5) is 21.1. The van der Waals surface area contributed by atoms with Gasteiger partial charge in [-0.1, -0.05) is 0 Å². The molecule has 1 aromatic carbocycles. The first-order valence-electron chi connectivity index (χ1n) is 9.69. The molecule has 7 nitrogen and oxygen atoms in total. The lowest BCUT2D eigenvalue weighted by atomic mass is 10.2. The number of anilines is 1. The number of benzene rings is 1. The molecular formula is C21H17F5N4O3. The van der Waals surface area contributed by atoms with E-state index in [2.05, 4.69) is 9.97 Å². The molecule has 3 heterocycles. The van der Waals surface area contributed by atoms with E-state index in [0.717, 1.165) is 18.2 Å². The van der Waals surface area contributed by atoms with Gasteiger partial charge >= 0.3 is 11.9 Å². The number of nitrogens with zero attached hydrogens (tertiary/aromatic N) is 4. The lowest BCUT2D eigenvalue weighted by molar-refractivity contribution is -0.141. The number of hydrogen-bond acceptors (Lipinski definition) is 6. The number of aromatic nitrogens is 3. The third-order valence-corrected chi connectivity index (χ3v) is 5.13. The van der Waals surface area contributed by atoms with Crippen LogP contribution in [0.2, 0.25) is 0 Å². The molecule has 1 atom stereocenters. The summed E-state index contributed by atoms with van der Waals surface area (Å²) in [5.74, 6) is -2.64. The van der Waals surface area contributed by atoms with Crippen LogP contribution in [0.15, 0.2) is 41.3 Å². The minimum atomic E-state index is -4.65. The van der Waals surface area contributed by atoms with E-state index in [1.807, 2.05) is 18.9 Å². The molecule has 1 aliphatic heterocycles. The Morgan fingerprint density at radius 2 is 1.85 bits per heavy atom. The van der Waals surface area contributed by atoms with Crippen molar-refractivity contribution in [1.82, 2.24) is 14.5 Å². The molecule has 0 spiro atoms.